The van der Waals surface area contributed by atoms with Gasteiger partial charge in [0.25, 0.3) is 0 Å². The fraction of sp³-hybridized carbons (Fsp3) is 0.474. The van der Waals surface area contributed by atoms with Crippen LogP contribution in [0.3, 0.4) is 0 Å². The van der Waals surface area contributed by atoms with E-state index in [2.05, 4.69) is 43.3 Å². The number of ether oxygens (including phenoxy) is 1. The number of rotatable bonds is 6. The van der Waals surface area contributed by atoms with Crippen LogP contribution in [0.15, 0.2) is 34.9 Å². The van der Waals surface area contributed by atoms with Crippen LogP contribution in [0.2, 0.25) is 0 Å². The molecule has 6 heteroatoms. The fourth-order valence-electron chi connectivity index (χ4n) is 3.36. The van der Waals surface area contributed by atoms with Crippen LogP contribution in [0.5, 0.6) is 0 Å². The highest BCUT2D eigenvalue weighted by molar-refractivity contribution is 9.10. The maximum absolute atomic E-state index is 12.3. The number of benzene rings is 1. The highest BCUT2D eigenvalue weighted by atomic mass is 79.9. The molecule has 1 N–H and O–H groups in total. The Morgan fingerprint density at radius 3 is 2.92 bits per heavy atom. The van der Waals surface area contributed by atoms with E-state index < -0.39 is 0 Å². The number of para-hydroxylation sites is 1. The Labute approximate surface area is 156 Å². The predicted molar refractivity (Wildman–Crippen MR) is 104 cm³/mol. The molecule has 0 radical (unpaired) electrons. The van der Waals surface area contributed by atoms with E-state index in [-0.39, 0.29) is 11.8 Å². The largest absolute Gasteiger partial charge is 0.385 e. The Morgan fingerprint density at radius 1 is 1.36 bits per heavy atom. The van der Waals surface area contributed by atoms with E-state index in [4.69, 9.17) is 4.74 Å². The average molecular weight is 406 g/mol. The van der Waals surface area contributed by atoms with Crippen LogP contribution in [0.25, 0.3) is 10.9 Å². The number of nitrogens with zero attached hydrogens (tertiary/aromatic N) is 2. The van der Waals surface area contributed by atoms with Gasteiger partial charge < -0.3 is 15.0 Å². The molecule has 2 aromatic rings. The van der Waals surface area contributed by atoms with Gasteiger partial charge in [-0.15, -0.1) is 0 Å². The summed E-state index contributed by atoms with van der Waals surface area (Å²) in [6.45, 7) is 3.16. The molecule has 1 aliphatic rings. The molecule has 0 bridgehead atoms. The molecule has 1 saturated heterocycles. The molecule has 1 aromatic carbocycles. The molecule has 0 spiro atoms. The van der Waals surface area contributed by atoms with Gasteiger partial charge in [-0.1, -0.05) is 12.1 Å². The lowest BCUT2D eigenvalue weighted by Gasteiger charge is -2.33. The van der Waals surface area contributed by atoms with Gasteiger partial charge in [0, 0.05) is 61.0 Å². The van der Waals surface area contributed by atoms with Crippen LogP contribution in [0.1, 0.15) is 19.3 Å². The second kappa shape index (κ2) is 8.63. The molecule has 134 valence electrons. The van der Waals surface area contributed by atoms with E-state index in [0.29, 0.717) is 13.2 Å². The van der Waals surface area contributed by atoms with Crippen LogP contribution >= 0.6 is 15.9 Å². The Morgan fingerprint density at radius 2 is 2.16 bits per heavy atom. The molecular formula is C19H24BrN3O2. The Balaban J connectivity index is 1.61. The quantitative estimate of drug-likeness (QED) is 0.748. The third-order valence-electron chi connectivity index (χ3n) is 4.73. The molecule has 0 unspecified atom stereocenters. The van der Waals surface area contributed by atoms with E-state index in [1.54, 1.807) is 7.11 Å². The molecule has 0 saturated carbocycles. The molecular weight excluding hydrogens is 382 g/mol. The number of carbonyl (C=O) groups excluding carboxylic acids is 1. The summed E-state index contributed by atoms with van der Waals surface area (Å²) >= 11 is 3.58. The Bertz CT molecular complexity index is 730. The van der Waals surface area contributed by atoms with Crippen molar-refractivity contribution >= 4 is 38.4 Å². The smallest absolute Gasteiger partial charge is 0.223 e. The topological polar surface area (TPSA) is 54.5 Å². The number of fused-ring (bicyclic) bond motifs is 1. The first kappa shape index (κ1) is 18.1. The zero-order valence-electron chi connectivity index (χ0n) is 14.5. The minimum Gasteiger partial charge on any atom is -0.385 e. The number of hydrogen-bond acceptors (Lipinski definition) is 4. The van der Waals surface area contributed by atoms with Crippen molar-refractivity contribution in [2.24, 2.45) is 5.92 Å². The molecule has 3 rings (SSSR count). The van der Waals surface area contributed by atoms with E-state index in [1.807, 2.05) is 18.3 Å². The molecule has 0 aliphatic carbocycles. The van der Waals surface area contributed by atoms with Crippen LogP contribution < -0.4 is 10.2 Å². The second-order valence-corrected chi connectivity index (χ2v) is 7.22. The number of piperidine rings is 1. The maximum atomic E-state index is 12.3. The maximum Gasteiger partial charge on any atom is 0.223 e. The van der Waals surface area contributed by atoms with Gasteiger partial charge in [-0.2, -0.15) is 0 Å². The summed E-state index contributed by atoms with van der Waals surface area (Å²) in [5.74, 6) is 0.289. The Kier molecular flexibility index (Phi) is 6.26. The summed E-state index contributed by atoms with van der Waals surface area (Å²) in [4.78, 5) is 19.1. The third-order valence-corrected chi connectivity index (χ3v) is 5.37. The van der Waals surface area contributed by atoms with Gasteiger partial charge in [0.05, 0.1) is 5.52 Å². The molecule has 2 heterocycles. The number of halogens is 1. The van der Waals surface area contributed by atoms with Gasteiger partial charge in [0.2, 0.25) is 5.91 Å². The fourth-order valence-corrected chi connectivity index (χ4v) is 3.82. The summed E-state index contributed by atoms with van der Waals surface area (Å²) in [6, 6.07) is 8.23. The second-order valence-electron chi connectivity index (χ2n) is 6.36. The van der Waals surface area contributed by atoms with Gasteiger partial charge in [-0.25, -0.2) is 0 Å². The molecule has 1 fully saturated rings. The van der Waals surface area contributed by atoms with Crippen molar-refractivity contribution in [1.29, 1.82) is 0 Å². The number of hydrogen-bond donors (Lipinski definition) is 1. The van der Waals surface area contributed by atoms with E-state index in [1.165, 1.54) is 5.69 Å². The van der Waals surface area contributed by atoms with Gasteiger partial charge in [0.1, 0.15) is 0 Å². The lowest BCUT2D eigenvalue weighted by molar-refractivity contribution is -0.125. The van der Waals surface area contributed by atoms with Crippen LogP contribution in [-0.4, -0.2) is 44.2 Å². The van der Waals surface area contributed by atoms with E-state index in [0.717, 1.165) is 47.7 Å². The highest BCUT2D eigenvalue weighted by Gasteiger charge is 2.25. The molecule has 1 aliphatic heterocycles. The summed E-state index contributed by atoms with van der Waals surface area (Å²) in [7, 11) is 1.68. The first-order valence-corrected chi connectivity index (χ1v) is 9.55. The minimum absolute atomic E-state index is 0.110. The number of methoxy groups -OCH3 is 1. The first-order chi connectivity index (χ1) is 12.2. The van der Waals surface area contributed by atoms with Crippen molar-refractivity contribution in [3.63, 3.8) is 0 Å². The van der Waals surface area contributed by atoms with E-state index >= 15 is 0 Å². The molecule has 1 amide bonds. The van der Waals surface area contributed by atoms with Crippen molar-refractivity contribution < 1.29 is 9.53 Å². The summed E-state index contributed by atoms with van der Waals surface area (Å²) in [5.41, 5.74) is 2.18. The van der Waals surface area contributed by atoms with E-state index in [9.17, 15) is 4.79 Å². The monoisotopic (exact) mass is 405 g/mol. The summed E-state index contributed by atoms with van der Waals surface area (Å²) < 4.78 is 6.02. The van der Waals surface area contributed by atoms with Crippen molar-refractivity contribution in [2.75, 3.05) is 38.3 Å². The van der Waals surface area contributed by atoms with Crippen molar-refractivity contribution in [3.05, 3.63) is 34.9 Å². The molecule has 5 nitrogen and oxygen atoms in total. The van der Waals surface area contributed by atoms with Gasteiger partial charge in [-0.3, -0.25) is 9.78 Å². The van der Waals surface area contributed by atoms with Crippen molar-refractivity contribution in [3.8, 4) is 0 Å². The number of pyridine rings is 1. The van der Waals surface area contributed by atoms with Gasteiger partial charge in [0.15, 0.2) is 0 Å². The molecule has 0 atom stereocenters. The Hall–Kier alpha value is -1.66. The third kappa shape index (κ3) is 4.30. The SMILES string of the molecule is COCCCNC(=O)C1CCN(c2ccnc3c(Br)cccc23)CC1. The minimum atomic E-state index is 0.110. The molecule has 1 aromatic heterocycles. The van der Waals surface area contributed by atoms with Crippen LogP contribution in [-0.2, 0) is 9.53 Å². The number of amides is 1. The summed E-state index contributed by atoms with van der Waals surface area (Å²) in [6.07, 6.45) is 4.48. The normalized spacial score (nSPS) is 15.5. The van der Waals surface area contributed by atoms with Crippen molar-refractivity contribution in [1.82, 2.24) is 10.3 Å². The number of anilines is 1. The number of carbonyl (C=O) groups is 1. The van der Waals surface area contributed by atoms with Crippen molar-refractivity contribution in [2.45, 2.75) is 19.3 Å². The van der Waals surface area contributed by atoms with Crippen LogP contribution in [0, 0.1) is 5.92 Å². The zero-order chi connectivity index (χ0) is 17.6. The standard InChI is InChI=1S/C19H24BrN3O2/c1-25-13-3-9-22-19(24)14-7-11-23(12-8-14)17-6-10-21-18-15(17)4-2-5-16(18)20/h2,4-6,10,14H,3,7-9,11-13H2,1H3,(H,22,24). The zero-order valence-corrected chi connectivity index (χ0v) is 16.1. The van der Waals surface area contributed by atoms with Gasteiger partial charge in [-0.05, 0) is 47.3 Å². The lowest BCUT2D eigenvalue weighted by atomic mass is 9.95. The average Bonchev–Trinajstić information content (AvgIpc) is 2.65. The number of aromatic nitrogens is 1. The highest BCUT2D eigenvalue weighted by Crippen LogP contribution is 2.32. The number of nitrogens with one attached hydrogen (secondary N) is 1. The van der Waals surface area contributed by atoms with Gasteiger partial charge >= 0.3 is 0 Å². The predicted octanol–water partition coefficient (Wildman–Crippen LogP) is 3.37. The van der Waals surface area contributed by atoms with Crippen LogP contribution in [0.4, 0.5) is 5.69 Å². The summed E-state index contributed by atoms with van der Waals surface area (Å²) in [5, 5.41) is 4.18. The molecule has 25 heavy (non-hydrogen) atoms. The lowest BCUT2D eigenvalue weighted by Crippen LogP contribution is -2.41. The first-order valence-electron chi connectivity index (χ1n) is 8.75.